The van der Waals surface area contributed by atoms with Crippen molar-refractivity contribution in [2.75, 3.05) is 0 Å². The van der Waals surface area contributed by atoms with Crippen LogP contribution in [0.3, 0.4) is 0 Å². The molecule has 0 aromatic heterocycles. The lowest BCUT2D eigenvalue weighted by atomic mass is 9.75. The van der Waals surface area contributed by atoms with Gasteiger partial charge in [0.15, 0.2) is 5.78 Å². The number of fused-ring (bicyclic) bond motifs is 1. The quantitative estimate of drug-likeness (QED) is 0.470. The number of benzene rings is 2. The third kappa shape index (κ3) is 4.64. The third-order valence-corrected chi connectivity index (χ3v) is 5.33. The Morgan fingerprint density at radius 3 is 2.50 bits per heavy atom. The van der Waals surface area contributed by atoms with E-state index in [0.29, 0.717) is 24.3 Å². The van der Waals surface area contributed by atoms with Crippen molar-refractivity contribution < 1.29 is 19.1 Å². The van der Waals surface area contributed by atoms with Crippen molar-refractivity contribution in [2.24, 2.45) is 11.8 Å². The molecule has 5 heteroatoms. The van der Waals surface area contributed by atoms with E-state index in [2.05, 4.69) is 15.9 Å². The topological polar surface area (TPSA) is 52.6 Å². The SMILES string of the molecule is CC1Cc2cc(Br)c(OCc3ccccc3)cc2C(=O)C1C(=O)OC(C)(C)C. The fraction of sp³-hybridized carbons (Fsp3) is 0.391. The molecule has 4 nitrogen and oxygen atoms in total. The van der Waals surface area contributed by atoms with E-state index in [1.165, 1.54) is 0 Å². The van der Waals surface area contributed by atoms with Crippen LogP contribution in [0.5, 0.6) is 5.75 Å². The van der Waals surface area contributed by atoms with E-state index in [4.69, 9.17) is 9.47 Å². The van der Waals surface area contributed by atoms with Crippen molar-refractivity contribution >= 4 is 27.7 Å². The van der Waals surface area contributed by atoms with Gasteiger partial charge in [-0.1, -0.05) is 37.3 Å². The molecule has 2 atom stereocenters. The summed E-state index contributed by atoms with van der Waals surface area (Å²) in [5, 5.41) is 0. The molecule has 0 saturated carbocycles. The second kappa shape index (κ2) is 8.08. The predicted octanol–water partition coefficient (Wildman–Crippen LogP) is 5.36. The highest BCUT2D eigenvalue weighted by atomic mass is 79.9. The lowest BCUT2D eigenvalue weighted by Crippen LogP contribution is -2.40. The van der Waals surface area contributed by atoms with Gasteiger partial charge < -0.3 is 9.47 Å². The second-order valence-electron chi connectivity index (χ2n) is 8.27. The first kappa shape index (κ1) is 20.6. The Bertz CT molecular complexity index is 883. The summed E-state index contributed by atoms with van der Waals surface area (Å²) in [5.74, 6) is -0.952. The lowest BCUT2D eigenvalue weighted by molar-refractivity contribution is -0.159. The van der Waals surface area contributed by atoms with Gasteiger partial charge in [-0.15, -0.1) is 0 Å². The number of ether oxygens (including phenoxy) is 2. The zero-order valence-corrected chi connectivity index (χ0v) is 18.2. The molecule has 0 saturated heterocycles. The van der Waals surface area contributed by atoms with E-state index < -0.39 is 17.5 Å². The van der Waals surface area contributed by atoms with Gasteiger partial charge in [0.1, 0.15) is 23.9 Å². The molecular formula is C23H25BrO4. The molecular weight excluding hydrogens is 420 g/mol. The maximum absolute atomic E-state index is 13.1. The Morgan fingerprint density at radius 2 is 1.86 bits per heavy atom. The molecule has 0 spiro atoms. The van der Waals surface area contributed by atoms with E-state index in [1.54, 1.807) is 6.07 Å². The minimum Gasteiger partial charge on any atom is -0.488 e. The highest BCUT2D eigenvalue weighted by Crippen LogP contribution is 2.37. The van der Waals surface area contributed by atoms with E-state index >= 15 is 0 Å². The van der Waals surface area contributed by atoms with Crippen LogP contribution in [0.4, 0.5) is 0 Å². The van der Waals surface area contributed by atoms with Crippen molar-refractivity contribution in [3.8, 4) is 5.75 Å². The van der Waals surface area contributed by atoms with Crippen LogP contribution in [0.2, 0.25) is 0 Å². The fourth-order valence-electron chi connectivity index (χ4n) is 3.43. The lowest BCUT2D eigenvalue weighted by Gasteiger charge is -2.31. The molecule has 0 fully saturated rings. The molecule has 1 aliphatic carbocycles. The minimum absolute atomic E-state index is 0.113. The average molecular weight is 445 g/mol. The molecule has 2 unspecified atom stereocenters. The van der Waals surface area contributed by atoms with Crippen LogP contribution < -0.4 is 4.74 Å². The molecule has 0 N–H and O–H groups in total. The van der Waals surface area contributed by atoms with Gasteiger partial charge in [0.2, 0.25) is 0 Å². The van der Waals surface area contributed by atoms with E-state index in [9.17, 15) is 9.59 Å². The van der Waals surface area contributed by atoms with Gasteiger partial charge >= 0.3 is 5.97 Å². The molecule has 0 bridgehead atoms. The maximum Gasteiger partial charge on any atom is 0.317 e. The van der Waals surface area contributed by atoms with Gasteiger partial charge in [-0.05, 0) is 72.3 Å². The van der Waals surface area contributed by atoms with Crippen molar-refractivity contribution in [3.63, 3.8) is 0 Å². The number of halogens is 1. The van der Waals surface area contributed by atoms with E-state index in [-0.39, 0.29) is 11.7 Å². The Labute approximate surface area is 174 Å². The highest BCUT2D eigenvalue weighted by molar-refractivity contribution is 9.10. The monoisotopic (exact) mass is 444 g/mol. The van der Waals surface area contributed by atoms with Gasteiger partial charge in [-0.2, -0.15) is 0 Å². The van der Waals surface area contributed by atoms with Gasteiger partial charge in [0, 0.05) is 5.56 Å². The van der Waals surface area contributed by atoms with Crippen LogP contribution in [-0.4, -0.2) is 17.4 Å². The zero-order chi connectivity index (χ0) is 20.5. The standard InChI is InChI=1S/C23H25BrO4/c1-14-10-16-11-18(24)19(27-13-15-8-6-5-7-9-15)12-17(16)21(25)20(14)22(26)28-23(2,3)4/h5-9,11-12,14,20H,10,13H2,1-4H3. The number of hydrogen-bond acceptors (Lipinski definition) is 4. The largest absolute Gasteiger partial charge is 0.488 e. The summed E-state index contributed by atoms with van der Waals surface area (Å²) in [5.41, 5.74) is 1.89. The molecule has 0 radical (unpaired) electrons. The summed E-state index contributed by atoms with van der Waals surface area (Å²) in [4.78, 5) is 25.7. The first-order chi connectivity index (χ1) is 13.2. The normalized spacial score (nSPS) is 19.1. The molecule has 3 rings (SSSR count). The first-order valence-electron chi connectivity index (χ1n) is 9.42. The summed E-state index contributed by atoms with van der Waals surface area (Å²) in [6.45, 7) is 7.75. The summed E-state index contributed by atoms with van der Waals surface area (Å²) >= 11 is 3.54. The first-order valence-corrected chi connectivity index (χ1v) is 10.2. The number of esters is 1. The maximum atomic E-state index is 13.1. The van der Waals surface area contributed by atoms with Crippen LogP contribution >= 0.6 is 15.9 Å². The molecule has 0 heterocycles. The van der Waals surface area contributed by atoms with Crippen LogP contribution in [-0.2, 0) is 22.6 Å². The zero-order valence-electron chi connectivity index (χ0n) is 16.6. The van der Waals surface area contributed by atoms with Crippen molar-refractivity contribution in [3.05, 3.63) is 63.6 Å². The predicted molar refractivity (Wildman–Crippen MR) is 111 cm³/mol. The number of ketones is 1. The molecule has 0 amide bonds. The molecule has 148 valence electrons. The summed E-state index contributed by atoms with van der Waals surface area (Å²) in [6.07, 6.45) is 0.641. The fourth-order valence-corrected chi connectivity index (χ4v) is 3.94. The number of carbonyl (C=O) groups is 2. The number of Topliss-reactive ketones (excluding diaryl/α,β-unsaturated/α-hetero) is 1. The molecule has 1 aliphatic rings. The minimum atomic E-state index is -0.783. The average Bonchev–Trinajstić information content (AvgIpc) is 2.59. The number of hydrogen-bond donors (Lipinski definition) is 0. The summed E-state index contributed by atoms with van der Waals surface area (Å²) in [7, 11) is 0. The molecule has 28 heavy (non-hydrogen) atoms. The molecule has 2 aromatic carbocycles. The highest BCUT2D eigenvalue weighted by Gasteiger charge is 2.41. The van der Waals surface area contributed by atoms with Gasteiger partial charge in [0.25, 0.3) is 0 Å². The molecule has 0 aliphatic heterocycles. The summed E-state index contributed by atoms with van der Waals surface area (Å²) in [6, 6.07) is 13.5. The number of rotatable bonds is 4. The summed E-state index contributed by atoms with van der Waals surface area (Å²) < 4.78 is 12.2. The third-order valence-electron chi connectivity index (χ3n) is 4.71. The van der Waals surface area contributed by atoms with E-state index in [0.717, 1.165) is 15.6 Å². The molecule has 2 aromatic rings. The Hall–Kier alpha value is -2.14. The van der Waals surface area contributed by atoms with Gasteiger partial charge in [0.05, 0.1) is 4.47 Å². The van der Waals surface area contributed by atoms with E-state index in [1.807, 2.05) is 64.1 Å². The number of carbonyl (C=O) groups excluding carboxylic acids is 2. The second-order valence-corrected chi connectivity index (χ2v) is 9.13. The van der Waals surface area contributed by atoms with Crippen molar-refractivity contribution in [1.29, 1.82) is 0 Å². The van der Waals surface area contributed by atoms with Gasteiger partial charge in [-0.3, -0.25) is 9.59 Å². The van der Waals surface area contributed by atoms with Crippen molar-refractivity contribution in [1.82, 2.24) is 0 Å². The van der Waals surface area contributed by atoms with Crippen LogP contribution in [0.25, 0.3) is 0 Å². The van der Waals surface area contributed by atoms with Crippen molar-refractivity contribution in [2.45, 2.75) is 46.3 Å². The van der Waals surface area contributed by atoms with Crippen LogP contribution in [0.15, 0.2) is 46.9 Å². The smallest absolute Gasteiger partial charge is 0.317 e. The Balaban J connectivity index is 1.85. The van der Waals surface area contributed by atoms with Gasteiger partial charge in [-0.25, -0.2) is 0 Å². The Morgan fingerprint density at radius 1 is 1.18 bits per heavy atom. The van der Waals surface area contributed by atoms with Crippen LogP contribution in [0.1, 0.15) is 49.2 Å². The Kier molecular flexibility index (Phi) is 5.94. The van der Waals surface area contributed by atoms with Crippen LogP contribution in [0, 0.1) is 11.8 Å².